The van der Waals surface area contributed by atoms with Crippen LogP contribution >= 0.6 is 15.9 Å². The maximum atomic E-state index is 13.2. The Balaban J connectivity index is 1.47. The van der Waals surface area contributed by atoms with Gasteiger partial charge in [-0.1, -0.05) is 33.2 Å². The van der Waals surface area contributed by atoms with Crippen LogP contribution in [0.4, 0.5) is 4.39 Å². The van der Waals surface area contributed by atoms with Gasteiger partial charge in [-0.3, -0.25) is 9.36 Å². The van der Waals surface area contributed by atoms with Crippen molar-refractivity contribution in [1.82, 2.24) is 29.5 Å². The number of nitrogens with zero attached hydrogens (tertiary/aromatic N) is 6. The molecule has 0 saturated heterocycles. The van der Waals surface area contributed by atoms with Crippen molar-refractivity contribution in [2.24, 2.45) is 0 Å². The Kier molecular flexibility index (Phi) is 4.47. The molecule has 30 heavy (non-hydrogen) atoms. The summed E-state index contributed by atoms with van der Waals surface area (Å²) < 4.78 is 22.2. The van der Waals surface area contributed by atoms with Crippen molar-refractivity contribution in [2.75, 3.05) is 0 Å². The highest BCUT2D eigenvalue weighted by molar-refractivity contribution is 9.10. The van der Waals surface area contributed by atoms with Crippen molar-refractivity contribution in [3.8, 4) is 17.1 Å². The number of fused-ring (bicyclic) bond motifs is 1. The van der Waals surface area contributed by atoms with Crippen LogP contribution in [0.2, 0.25) is 0 Å². The largest absolute Gasteiger partial charge is 0.337 e. The number of hydrogen-bond acceptors (Lipinski definition) is 6. The van der Waals surface area contributed by atoms with Crippen molar-refractivity contribution in [3.63, 3.8) is 0 Å². The van der Waals surface area contributed by atoms with Crippen LogP contribution in [0.15, 0.2) is 74.8 Å². The van der Waals surface area contributed by atoms with E-state index in [1.807, 2.05) is 24.3 Å². The van der Waals surface area contributed by atoms with E-state index in [0.717, 1.165) is 10.0 Å². The fourth-order valence-corrected chi connectivity index (χ4v) is 3.44. The van der Waals surface area contributed by atoms with Gasteiger partial charge in [0, 0.05) is 10.0 Å². The molecule has 0 aliphatic rings. The maximum absolute atomic E-state index is 13.2. The molecule has 0 radical (unpaired) electrons. The third-order valence-corrected chi connectivity index (χ3v) is 4.98. The third kappa shape index (κ3) is 3.30. The highest BCUT2D eigenvalue weighted by Crippen LogP contribution is 2.20. The Bertz CT molecular complexity index is 1420. The fourth-order valence-electron chi connectivity index (χ4n) is 3.04. The lowest BCUT2D eigenvalue weighted by molar-refractivity contribution is 0.369. The molecule has 0 aliphatic heterocycles. The molecule has 0 aliphatic carbocycles. The molecule has 3 aromatic heterocycles. The summed E-state index contributed by atoms with van der Waals surface area (Å²) in [5, 5.41) is 8.52. The van der Waals surface area contributed by atoms with Crippen molar-refractivity contribution in [2.45, 2.75) is 6.54 Å². The molecule has 0 saturated carbocycles. The molecule has 0 bridgehead atoms. The highest BCUT2D eigenvalue weighted by Gasteiger charge is 2.14. The van der Waals surface area contributed by atoms with Crippen molar-refractivity contribution in [3.05, 3.63) is 87.6 Å². The zero-order chi connectivity index (χ0) is 20.7. The van der Waals surface area contributed by atoms with E-state index in [-0.39, 0.29) is 23.8 Å². The molecular weight excluding hydrogens is 455 g/mol. The van der Waals surface area contributed by atoms with Crippen LogP contribution < -0.4 is 5.56 Å². The van der Waals surface area contributed by atoms with Crippen LogP contribution in [0.5, 0.6) is 0 Å². The Morgan fingerprint density at radius 2 is 1.97 bits per heavy atom. The molecule has 0 fully saturated rings. The van der Waals surface area contributed by atoms with Crippen molar-refractivity contribution >= 4 is 27.0 Å². The quantitative estimate of drug-likeness (QED) is 0.401. The van der Waals surface area contributed by atoms with E-state index in [1.165, 1.54) is 33.9 Å². The summed E-state index contributed by atoms with van der Waals surface area (Å²) in [6.07, 6.45) is 2.83. The van der Waals surface area contributed by atoms with Crippen LogP contribution in [-0.4, -0.2) is 29.5 Å². The lowest BCUT2D eigenvalue weighted by Gasteiger charge is -2.04. The molecule has 0 atom stereocenters. The number of rotatable bonds is 4. The predicted molar refractivity (Wildman–Crippen MR) is 110 cm³/mol. The maximum Gasteiger partial charge on any atom is 0.264 e. The number of aromatic nitrogens is 6. The summed E-state index contributed by atoms with van der Waals surface area (Å²) in [5.41, 5.74) is 1.48. The molecule has 8 nitrogen and oxygen atoms in total. The minimum absolute atomic E-state index is 0.0739. The van der Waals surface area contributed by atoms with Gasteiger partial charge >= 0.3 is 0 Å². The fraction of sp³-hybridized carbons (Fsp3) is 0.0500. The van der Waals surface area contributed by atoms with Gasteiger partial charge in [-0.2, -0.15) is 10.1 Å². The molecule has 5 aromatic rings. The first-order valence-electron chi connectivity index (χ1n) is 8.86. The third-order valence-electron chi connectivity index (χ3n) is 4.48. The van der Waals surface area contributed by atoms with E-state index in [1.54, 1.807) is 12.1 Å². The number of benzene rings is 2. The second-order valence-corrected chi connectivity index (χ2v) is 7.39. The molecule has 0 spiro atoms. The van der Waals surface area contributed by atoms with E-state index in [9.17, 15) is 9.18 Å². The van der Waals surface area contributed by atoms with Gasteiger partial charge in [0.2, 0.25) is 11.7 Å². The second-order valence-electron chi connectivity index (χ2n) is 6.47. The van der Waals surface area contributed by atoms with Gasteiger partial charge in [0.15, 0.2) is 5.65 Å². The minimum atomic E-state index is -0.354. The summed E-state index contributed by atoms with van der Waals surface area (Å²) in [5.74, 6) is 0.351. The van der Waals surface area contributed by atoms with Gasteiger partial charge in [-0.15, -0.1) is 0 Å². The number of halogens is 2. The van der Waals surface area contributed by atoms with Gasteiger partial charge in [-0.25, -0.2) is 14.1 Å². The number of hydrogen-bond donors (Lipinski definition) is 0. The monoisotopic (exact) mass is 466 g/mol. The normalized spacial score (nSPS) is 11.3. The average Bonchev–Trinajstić information content (AvgIpc) is 3.38. The summed E-state index contributed by atoms with van der Waals surface area (Å²) in [4.78, 5) is 21.6. The minimum Gasteiger partial charge on any atom is -0.337 e. The van der Waals surface area contributed by atoms with Crippen LogP contribution in [0.25, 0.3) is 28.1 Å². The molecular formula is C20H12BrFN6O2. The smallest absolute Gasteiger partial charge is 0.264 e. The summed E-state index contributed by atoms with van der Waals surface area (Å²) >= 11 is 3.41. The Morgan fingerprint density at radius 1 is 1.13 bits per heavy atom. The molecule has 5 rings (SSSR count). The van der Waals surface area contributed by atoms with E-state index in [2.05, 4.69) is 36.2 Å². The first-order valence-corrected chi connectivity index (χ1v) is 9.65. The van der Waals surface area contributed by atoms with Crippen LogP contribution in [0, 0.1) is 5.82 Å². The Morgan fingerprint density at radius 3 is 2.77 bits per heavy atom. The SMILES string of the molecule is O=c1c2cnn(-c3ccc(F)cc3)c2ncn1Cc1nc(-c2cccc(Br)c2)no1. The molecule has 10 heteroatoms. The van der Waals surface area contributed by atoms with Gasteiger partial charge < -0.3 is 4.52 Å². The molecule has 3 heterocycles. The van der Waals surface area contributed by atoms with Gasteiger partial charge in [0.25, 0.3) is 5.56 Å². The van der Waals surface area contributed by atoms with Gasteiger partial charge in [0.05, 0.1) is 11.9 Å². The molecule has 2 aromatic carbocycles. The van der Waals surface area contributed by atoms with Crippen molar-refractivity contribution in [1.29, 1.82) is 0 Å². The first-order chi connectivity index (χ1) is 14.6. The Labute approximate surface area is 176 Å². The summed E-state index contributed by atoms with van der Waals surface area (Å²) in [6, 6.07) is 13.3. The van der Waals surface area contributed by atoms with Gasteiger partial charge in [0.1, 0.15) is 24.1 Å². The zero-order valence-corrected chi connectivity index (χ0v) is 16.8. The van der Waals surface area contributed by atoms with Crippen LogP contribution in [0.1, 0.15) is 5.89 Å². The van der Waals surface area contributed by atoms with E-state index in [0.29, 0.717) is 22.5 Å². The topological polar surface area (TPSA) is 91.6 Å². The lowest BCUT2D eigenvalue weighted by Crippen LogP contribution is -2.21. The Hall–Kier alpha value is -3.66. The second kappa shape index (κ2) is 7.30. The van der Waals surface area contributed by atoms with E-state index in [4.69, 9.17) is 4.52 Å². The highest BCUT2D eigenvalue weighted by atomic mass is 79.9. The molecule has 0 amide bonds. The van der Waals surface area contributed by atoms with Crippen LogP contribution in [-0.2, 0) is 6.54 Å². The lowest BCUT2D eigenvalue weighted by atomic mass is 10.2. The van der Waals surface area contributed by atoms with Crippen molar-refractivity contribution < 1.29 is 8.91 Å². The molecule has 148 valence electrons. The summed E-state index contributed by atoms with van der Waals surface area (Å²) in [7, 11) is 0. The zero-order valence-electron chi connectivity index (χ0n) is 15.2. The molecule has 0 N–H and O–H groups in total. The summed E-state index contributed by atoms with van der Waals surface area (Å²) in [6.45, 7) is 0.0739. The standard InChI is InChI=1S/C20H12BrFN6O2/c21-13-3-1-2-12(8-13)18-25-17(30-26-18)10-27-11-23-19-16(20(27)29)9-24-28(19)15-6-4-14(22)5-7-15/h1-9,11H,10H2. The first kappa shape index (κ1) is 18.4. The average molecular weight is 467 g/mol. The van der Waals surface area contributed by atoms with E-state index >= 15 is 0 Å². The molecule has 0 unspecified atom stereocenters. The van der Waals surface area contributed by atoms with Crippen LogP contribution in [0.3, 0.4) is 0 Å². The predicted octanol–water partition coefficient (Wildman–Crippen LogP) is 3.58. The van der Waals surface area contributed by atoms with Gasteiger partial charge in [-0.05, 0) is 36.4 Å². The van der Waals surface area contributed by atoms with E-state index < -0.39 is 0 Å².